The molecule has 0 bridgehead atoms. The van der Waals surface area contributed by atoms with Gasteiger partial charge >= 0.3 is 0 Å². The molecule has 132 valence electrons. The van der Waals surface area contributed by atoms with Gasteiger partial charge in [-0.2, -0.15) is 0 Å². The van der Waals surface area contributed by atoms with Gasteiger partial charge in [0.05, 0.1) is 13.2 Å². The van der Waals surface area contributed by atoms with Crippen molar-refractivity contribution in [1.29, 1.82) is 0 Å². The van der Waals surface area contributed by atoms with Crippen LogP contribution < -0.4 is 10.6 Å². The number of nitrogens with one attached hydrogen (secondary N) is 2. The summed E-state index contributed by atoms with van der Waals surface area (Å²) in [6.45, 7) is 3.53. The van der Waals surface area contributed by atoms with Crippen molar-refractivity contribution in [3.8, 4) is 0 Å². The third-order valence-corrected chi connectivity index (χ3v) is 5.26. The Hall–Kier alpha value is -1.51. The number of thiazole rings is 1. The van der Waals surface area contributed by atoms with Crippen LogP contribution in [0.25, 0.3) is 0 Å². The van der Waals surface area contributed by atoms with Crippen LogP contribution in [0, 0.1) is 0 Å². The van der Waals surface area contributed by atoms with Crippen LogP contribution >= 0.6 is 11.3 Å². The Balaban J connectivity index is 1.52. The van der Waals surface area contributed by atoms with Crippen LogP contribution in [0.1, 0.15) is 32.6 Å². The quantitative estimate of drug-likeness (QED) is 0.833. The second kappa shape index (κ2) is 7.58. The molecular formula is C16H24N4O3S. The number of hydrogen-bond acceptors (Lipinski definition) is 6. The molecule has 0 unspecified atom stereocenters. The first-order valence-corrected chi connectivity index (χ1v) is 9.30. The zero-order chi connectivity index (χ0) is 17.0. The zero-order valence-corrected chi connectivity index (χ0v) is 14.7. The number of ether oxygens (including phenoxy) is 1. The Morgan fingerprint density at radius 1 is 1.46 bits per heavy atom. The molecule has 0 radical (unpaired) electrons. The molecule has 2 fully saturated rings. The average Bonchev–Trinajstić information content (AvgIpc) is 3.21. The van der Waals surface area contributed by atoms with Crippen LogP contribution in [0.3, 0.4) is 0 Å². The summed E-state index contributed by atoms with van der Waals surface area (Å²) < 4.78 is 5.76. The molecule has 1 aliphatic heterocycles. The highest BCUT2D eigenvalue weighted by Gasteiger charge is 2.40. The van der Waals surface area contributed by atoms with E-state index >= 15 is 0 Å². The minimum Gasteiger partial charge on any atom is -0.363 e. The molecule has 1 aromatic rings. The lowest BCUT2D eigenvalue weighted by atomic mass is 10.0. The number of carbonyl (C=O) groups excluding carboxylic acids is 2. The maximum absolute atomic E-state index is 12.6. The van der Waals surface area contributed by atoms with Crippen LogP contribution in [0.2, 0.25) is 0 Å². The highest BCUT2D eigenvalue weighted by atomic mass is 32.1. The fourth-order valence-corrected chi connectivity index (χ4v) is 3.82. The van der Waals surface area contributed by atoms with Gasteiger partial charge in [-0.3, -0.25) is 14.5 Å². The van der Waals surface area contributed by atoms with Crippen LogP contribution in [-0.4, -0.2) is 59.6 Å². The molecule has 0 aromatic carbocycles. The predicted molar refractivity (Wildman–Crippen MR) is 91.9 cm³/mol. The molecule has 8 heteroatoms. The number of hydrogen-bond donors (Lipinski definition) is 2. The number of morpholine rings is 1. The molecule has 2 heterocycles. The minimum absolute atomic E-state index is 0.0700. The van der Waals surface area contributed by atoms with Gasteiger partial charge in [0.1, 0.15) is 0 Å². The van der Waals surface area contributed by atoms with Gasteiger partial charge in [-0.25, -0.2) is 4.98 Å². The number of anilines is 1. The largest absolute Gasteiger partial charge is 0.363 e. The highest BCUT2D eigenvalue weighted by Crippen LogP contribution is 2.22. The van der Waals surface area contributed by atoms with E-state index in [0.29, 0.717) is 24.8 Å². The van der Waals surface area contributed by atoms with Crippen LogP contribution in [0.15, 0.2) is 11.6 Å². The topological polar surface area (TPSA) is 83.6 Å². The Morgan fingerprint density at radius 3 is 2.96 bits per heavy atom. The van der Waals surface area contributed by atoms with Crippen molar-refractivity contribution in [3.63, 3.8) is 0 Å². The Bertz CT molecular complexity index is 574. The third-order valence-electron chi connectivity index (χ3n) is 4.57. The molecule has 0 spiro atoms. The van der Waals surface area contributed by atoms with Crippen LogP contribution in [0.5, 0.6) is 0 Å². The lowest BCUT2D eigenvalue weighted by Crippen LogP contribution is -2.60. The van der Waals surface area contributed by atoms with E-state index in [4.69, 9.17) is 4.74 Å². The molecule has 3 rings (SSSR count). The summed E-state index contributed by atoms with van der Waals surface area (Å²) in [5.74, 6) is -0.190. The van der Waals surface area contributed by atoms with Gasteiger partial charge in [-0.1, -0.05) is 12.8 Å². The molecule has 1 aliphatic carbocycles. The van der Waals surface area contributed by atoms with Crippen molar-refractivity contribution in [3.05, 3.63) is 11.6 Å². The van der Waals surface area contributed by atoms with E-state index in [1.165, 1.54) is 24.2 Å². The maximum Gasteiger partial charge on any atom is 0.253 e. The standard InChI is InChI=1S/C16H24N4O3S/c1-16(14(22)18-12-4-2-3-5-12)11-20(7-8-23-16)10-13(21)19-15-17-6-9-24-15/h6,9,12H,2-5,7-8,10-11H2,1H3,(H,18,22)(H,17,19,21)/t16-/m0/s1. The minimum atomic E-state index is -0.900. The first kappa shape index (κ1) is 17.3. The molecule has 2 aliphatic rings. The summed E-state index contributed by atoms with van der Waals surface area (Å²) in [4.78, 5) is 30.7. The number of aromatic nitrogens is 1. The van der Waals surface area contributed by atoms with Crippen molar-refractivity contribution >= 4 is 28.3 Å². The monoisotopic (exact) mass is 352 g/mol. The van der Waals surface area contributed by atoms with Crippen molar-refractivity contribution in [2.45, 2.75) is 44.2 Å². The molecule has 24 heavy (non-hydrogen) atoms. The van der Waals surface area contributed by atoms with Gasteiger partial charge in [0.25, 0.3) is 5.91 Å². The van der Waals surface area contributed by atoms with Crippen molar-refractivity contribution in [2.24, 2.45) is 0 Å². The van der Waals surface area contributed by atoms with E-state index in [0.717, 1.165) is 12.8 Å². The molecule has 1 aromatic heterocycles. The number of rotatable bonds is 5. The fourth-order valence-electron chi connectivity index (χ4n) is 3.28. The first-order valence-electron chi connectivity index (χ1n) is 8.42. The van der Waals surface area contributed by atoms with Gasteiger partial charge in [0, 0.05) is 30.7 Å². The van der Waals surface area contributed by atoms with E-state index < -0.39 is 5.60 Å². The number of carbonyl (C=O) groups is 2. The van der Waals surface area contributed by atoms with Gasteiger partial charge < -0.3 is 15.4 Å². The predicted octanol–water partition coefficient (Wildman–Crippen LogP) is 1.23. The van der Waals surface area contributed by atoms with E-state index in [1.54, 1.807) is 6.20 Å². The summed E-state index contributed by atoms with van der Waals surface area (Å²) in [6, 6.07) is 0.265. The summed E-state index contributed by atoms with van der Waals surface area (Å²) in [5.41, 5.74) is -0.900. The van der Waals surface area contributed by atoms with E-state index in [1.807, 2.05) is 17.2 Å². The molecule has 7 nitrogen and oxygen atoms in total. The van der Waals surface area contributed by atoms with Gasteiger partial charge in [-0.05, 0) is 19.8 Å². The van der Waals surface area contributed by atoms with Gasteiger partial charge in [-0.15, -0.1) is 11.3 Å². The summed E-state index contributed by atoms with van der Waals surface area (Å²) >= 11 is 1.39. The van der Waals surface area contributed by atoms with Crippen LogP contribution in [-0.2, 0) is 14.3 Å². The van der Waals surface area contributed by atoms with E-state index in [-0.39, 0.29) is 24.4 Å². The third kappa shape index (κ3) is 4.31. The molecule has 1 saturated heterocycles. The Kier molecular flexibility index (Phi) is 5.47. The molecular weight excluding hydrogens is 328 g/mol. The highest BCUT2D eigenvalue weighted by molar-refractivity contribution is 7.13. The number of nitrogens with zero attached hydrogens (tertiary/aromatic N) is 2. The Morgan fingerprint density at radius 2 is 2.25 bits per heavy atom. The maximum atomic E-state index is 12.6. The smallest absolute Gasteiger partial charge is 0.253 e. The zero-order valence-electron chi connectivity index (χ0n) is 13.9. The molecule has 1 saturated carbocycles. The summed E-state index contributed by atoms with van der Waals surface area (Å²) in [6.07, 6.45) is 6.08. The first-order chi connectivity index (χ1) is 11.5. The Labute approximate surface area is 145 Å². The van der Waals surface area contributed by atoms with E-state index in [9.17, 15) is 9.59 Å². The summed E-state index contributed by atoms with van der Waals surface area (Å²) in [5, 5.41) is 8.28. The molecule has 1 atom stereocenters. The van der Waals surface area contributed by atoms with Crippen molar-refractivity contribution in [2.75, 3.05) is 31.6 Å². The van der Waals surface area contributed by atoms with Gasteiger partial charge in [0.2, 0.25) is 5.91 Å². The van der Waals surface area contributed by atoms with Crippen molar-refractivity contribution in [1.82, 2.24) is 15.2 Å². The number of amides is 2. The normalized spacial score (nSPS) is 25.5. The lowest BCUT2D eigenvalue weighted by Gasteiger charge is -2.39. The van der Waals surface area contributed by atoms with E-state index in [2.05, 4.69) is 15.6 Å². The average molecular weight is 352 g/mol. The SMILES string of the molecule is C[C@@]1(C(=O)NC2CCCC2)CN(CC(=O)Nc2nccs2)CCO1. The second-order valence-electron chi connectivity index (χ2n) is 6.63. The molecule has 2 amide bonds. The van der Waals surface area contributed by atoms with Gasteiger partial charge in [0.15, 0.2) is 10.7 Å². The second-order valence-corrected chi connectivity index (χ2v) is 7.52. The van der Waals surface area contributed by atoms with Crippen LogP contribution in [0.4, 0.5) is 5.13 Å². The van der Waals surface area contributed by atoms with Crippen molar-refractivity contribution < 1.29 is 14.3 Å². The fraction of sp³-hybridized carbons (Fsp3) is 0.688. The molecule has 2 N–H and O–H groups in total. The summed E-state index contributed by atoms with van der Waals surface area (Å²) in [7, 11) is 0. The lowest BCUT2D eigenvalue weighted by molar-refractivity contribution is -0.158.